The fraction of sp³-hybridized carbons (Fsp3) is 0.538. The summed E-state index contributed by atoms with van der Waals surface area (Å²) in [6.45, 7) is 2.33. The number of aliphatic hydroxyl groups excluding tert-OH is 1. The maximum Gasteiger partial charge on any atom is 0.254 e. The Labute approximate surface area is 116 Å². The Bertz CT molecular complexity index is 433. The van der Waals surface area contributed by atoms with E-state index in [1.54, 1.807) is 9.80 Å². The number of amides is 2. The second-order valence-corrected chi connectivity index (χ2v) is 5.29. The smallest absolute Gasteiger partial charge is 0.254 e. The van der Waals surface area contributed by atoms with Crippen LogP contribution in [0.3, 0.4) is 0 Å². The first-order valence-corrected chi connectivity index (χ1v) is 7.37. The summed E-state index contributed by atoms with van der Waals surface area (Å²) < 4.78 is 0. The summed E-state index contributed by atoms with van der Waals surface area (Å²) in [5.74, 6) is 0.00467. The molecule has 2 amide bonds. The Kier molecular flexibility index (Phi) is 4.93. The van der Waals surface area contributed by atoms with Crippen LogP contribution < -0.4 is 0 Å². The van der Waals surface area contributed by atoms with Crippen molar-refractivity contribution in [3.8, 4) is 0 Å². The molecule has 1 N–H and O–H groups in total. The average Bonchev–Trinajstić information content (AvgIpc) is 2.82. The Hall–Kier alpha value is -1.40. The molecule has 1 aromatic heterocycles. The summed E-state index contributed by atoms with van der Waals surface area (Å²) in [5.41, 5.74) is 0.722. The van der Waals surface area contributed by atoms with Crippen LogP contribution in [0.25, 0.3) is 0 Å². The number of aliphatic hydroxyl groups is 1. The zero-order chi connectivity index (χ0) is 13.7. The van der Waals surface area contributed by atoms with Gasteiger partial charge in [-0.05, 0) is 17.9 Å². The minimum atomic E-state index is -0.118. The van der Waals surface area contributed by atoms with Crippen molar-refractivity contribution in [2.75, 3.05) is 32.8 Å². The highest BCUT2D eigenvalue weighted by Gasteiger charge is 2.22. The fourth-order valence-corrected chi connectivity index (χ4v) is 2.82. The lowest BCUT2D eigenvalue weighted by Crippen LogP contribution is -2.37. The van der Waals surface area contributed by atoms with Gasteiger partial charge in [0, 0.05) is 38.0 Å². The molecule has 19 heavy (non-hydrogen) atoms. The predicted octanol–water partition coefficient (Wildman–Crippen LogP) is 0.805. The summed E-state index contributed by atoms with van der Waals surface area (Å²) in [6, 6.07) is 1.83. The predicted molar refractivity (Wildman–Crippen MR) is 73.1 cm³/mol. The van der Waals surface area contributed by atoms with E-state index in [9.17, 15) is 9.59 Å². The van der Waals surface area contributed by atoms with Crippen LogP contribution in [0.5, 0.6) is 0 Å². The summed E-state index contributed by atoms with van der Waals surface area (Å²) in [4.78, 5) is 27.5. The van der Waals surface area contributed by atoms with E-state index in [1.165, 1.54) is 11.3 Å². The molecule has 0 saturated carbocycles. The Morgan fingerprint density at radius 1 is 1.21 bits per heavy atom. The number of hydrogen-bond donors (Lipinski definition) is 1. The third-order valence-electron chi connectivity index (χ3n) is 3.23. The van der Waals surface area contributed by atoms with Crippen molar-refractivity contribution in [1.29, 1.82) is 0 Å². The van der Waals surface area contributed by atoms with Gasteiger partial charge in [0.15, 0.2) is 0 Å². The average molecular weight is 282 g/mol. The number of carbonyl (C=O) groups excluding carboxylic acids is 2. The van der Waals surface area contributed by atoms with Crippen LogP contribution in [0.2, 0.25) is 0 Å². The van der Waals surface area contributed by atoms with Crippen LogP contribution in [0, 0.1) is 0 Å². The van der Waals surface area contributed by atoms with Gasteiger partial charge in [0.1, 0.15) is 0 Å². The molecular weight excluding hydrogens is 264 g/mol. The van der Waals surface area contributed by atoms with Crippen LogP contribution in [0.1, 0.15) is 23.2 Å². The van der Waals surface area contributed by atoms with E-state index >= 15 is 0 Å². The van der Waals surface area contributed by atoms with Crippen molar-refractivity contribution in [1.82, 2.24) is 9.80 Å². The van der Waals surface area contributed by atoms with Crippen LogP contribution in [0.4, 0.5) is 0 Å². The van der Waals surface area contributed by atoms with Crippen LogP contribution in [-0.4, -0.2) is 59.5 Å². The lowest BCUT2D eigenvalue weighted by Gasteiger charge is -2.21. The van der Waals surface area contributed by atoms with Gasteiger partial charge in [-0.1, -0.05) is 0 Å². The molecule has 0 aliphatic carbocycles. The van der Waals surface area contributed by atoms with Crippen LogP contribution >= 0.6 is 11.3 Å². The number of thiophene rings is 1. The van der Waals surface area contributed by atoms with E-state index in [2.05, 4.69) is 0 Å². The normalized spacial score (nSPS) is 16.3. The minimum Gasteiger partial charge on any atom is -0.396 e. The Balaban J connectivity index is 1.93. The van der Waals surface area contributed by atoms with E-state index < -0.39 is 0 Å². The quantitative estimate of drug-likeness (QED) is 0.892. The van der Waals surface area contributed by atoms with E-state index in [4.69, 9.17) is 5.11 Å². The molecule has 104 valence electrons. The highest BCUT2D eigenvalue weighted by Crippen LogP contribution is 2.12. The number of hydrogen-bond acceptors (Lipinski definition) is 4. The van der Waals surface area contributed by atoms with Crippen molar-refractivity contribution < 1.29 is 14.7 Å². The van der Waals surface area contributed by atoms with Gasteiger partial charge < -0.3 is 14.9 Å². The lowest BCUT2D eigenvalue weighted by atomic mass is 10.3. The first-order valence-electron chi connectivity index (χ1n) is 6.42. The third kappa shape index (κ3) is 3.54. The maximum atomic E-state index is 12.2. The molecule has 0 radical (unpaired) electrons. The standard InChI is InChI=1S/C13H18N2O3S/c16-8-2-12(17)14-4-1-5-15(7-6-14)13(18)11-3-9-19-10-11/h3,9-10,16H,1-2,4-8H2. The summed E-state index contributed by atoms with van der Waals surface area (Å²) in [7, 11) is 0. The Morgan fingerprint density at radius 3 is 2.63 bits per heavy atom. The molecule has 5 nitrogen and oxygen atoms in total. The molecule has 6 heteroatoms. The zero-order valence-corrected chi connectivity index (χ0v) is 11.6. The monoisotopic (exact) mass is 282 g/mol. The van der Waals surface area contributed by atoms with Crippen molar-refractivity contribution in [3.05, 3.63) is 22.4 Å². The van der Waals surface area contributed by atoms with Gasteiger partial charge in [-0.2, -0.15) is 11.3 Å². The molecule has 2 rings (SSSR count). The molecule has 1 fully saturated rings. The number of rotatable bonds is 3. The molecular formula is C13H18N2O3S. The van der Waals surface area contributed by atoms with E-state index in [0.29, 0.717) is 26.2 Å². The molecule has 0 bridgehead atoms. The van der Waals surface area contributed by atoms with Crippen molar-refractivity contribution in [2.24, 2.45) is 0 Å². The lowest BCUT2D eigenvalue weighted by molar-refractivity contribution is -0.131. The maximum absolute atomic E-state index is 12.2. The second-order valence-electron chi connectivity index (χ2n) is 4.51. The SMILES string of the molecule is O=C(CCO)N1CCCN(C(=O)c2ccsc2)CC1. The van der Waals surface area contributed by atoms with Crippen LogP contribution in [-0.2, 0) is 4.79 Å². The van der Waals surface area contributed by atoms with E-state index in [1.807, 2.05) is 16.8 Å². The largest absolute Gasteiger partial charge is 0.396 e. The second kappa shape index (κ2) is 6.68. The number of carbonyl (C=O) groups is 2. The molecule has 0 aromatic carbocycles. The van der Waals surface area contributed by atoms with Crippen molar-refractivity contribution in [2.45, 2.75) is 12.8 Å². The van der Waals surface area contributed by atoms with Gasteiger partial charge in [-0.3, -0.25) is 9.59 Å². The summed E-state index contributed by atoms with van der Waals surface area (Å²) >= 11 is 1.51. The summed E-state index contributed by atoms with van der Waals surface area (Å²) in [5, 5.41) is 12.5. The first kappa shape index (κ1) is 14.0. The molecule has 1 saturated heterocycles. The van der Waals surface area contributed by atoms with E-state index in [0.717, 1.165) is 12.0 Å². The fourth-order valence-electron chi connectivity index (χ4n) is 2.19. The van der Waals surface area contributed by atoms with E-state index in [-0.39, 0.29) is 24.8 Å². The molecule has 0 spiro atoms. The number of nitrogens with zero attached hydrogens (tertiary/aromatic N) is 2. The third-order valence-corrected chi connectivity index (χ3v) is 3.91. The van der Waals surface area contributed by atoms with Gasteiger partial charge in [-0.25, -0.2) is 0 Å². The van der Waals surface area contributed by atoms with Gasteiger partial charge in [0.25, 0.3) is 5.91 Å². The van der Waals surface area contributed by atoms with Crippen LogP contribution in [0.15, 0.2) is 16.8 Å². The minimum absolute atomic E-state index is 0.0349. The van der Waals surface area contributed by atoms with Gasteiger partial charge in [0.05, 0.1) is 12.2 Å². The topological polar surface area (TPSA) is 60.9 Å². The van der Waals surface area contributed by atoms with Gasteiger partial charge >= 0.3 is 0 Å². The van der Waals surface area contributed by atoms with Crippen molar-refractivity contribution in [3.63, 3.8) is 0 Å². The van der Waals surface area contributed by atoms with Crippen molar-refractivity contribution >= 4 is 23.2 Å². The molecule has 1 aliphatic heterocycles. The highest BCUT2D eigenvalue weighted by molar-refractivity contribution is 7.08. The van der Waals surface area contributed by atoms with Gasteiger partial charge in [-0.15, -0.1) is 0 Å². The molecule has 1 aliphatic rings. The molecule has 2 heterocycles. The Morgan fingerprint density at radius 2 is 1.95 bits per heavy atom. The zero-order valence-electron chi connectivity index (χ0n) is 10.7. The first-order chi connectivity index (χ1) is 9.22. The van der Waals surface area contributed by atoms with Gasteiger partial charge in [0.2, 0.25) is 5.91 Å². The molecule has 1 aromatic rings. The molecule has 0 atom stereocenters. The molecule has 0 unspecified atom stereocenters. The summed E-state index contributed by atoms with van der Waals surface area (Å²) in [6.07, 6.45) is 0.950. The highest BCUT2D eigenvalue weighted by atomic mass is 32.1.